The van der Waals surface area contributed by atoms with Gasteiger partial charge in [0.2, 0.25) is 0 Å². The van der Waals surface area contributed by atoms with Gasteiger partial charge in [0.1, 0.15) is 5.54 Å². The number of carbonyl (C=O) groups is 3. The number of ether oxygens (including phenoxy) is 3. The number of methoxy groups -OCH3 is 1. The number of nitrogens with zero attached hydrogens (tertiary/aromatic N) is 1. The van der Waals surface area contributed by atoms with Gasteiger partial charge >= 0.3 is 5.97 Å². The van der Waals surface area contributed by atoms with E-state index in [-0.39, 0.29) is 17.5 Å². The maximum absolute atomic E-state index is 11.9. The van der Waals surface area contributed by atoms with Gasteiger partial charge < -0.3 is 19.5 Å². The molecular weight excluding hydrogens is 352 g/mol. The summed E-state index contributed by atoms with van der Waals surface area (Å²) in [4.78, 5) is 35.0. The van der Waals surface area contributed by atoms with Crippen LogP contribution in [0.4, 0.5) is 0 Å². The lowest BCUT2D eigenvalue weighted by molar-refractivity contribution is -0.150. The number of nitrogens with one attached hydrogen (secondary N) is 1. The summed E-state index contributed by atoms with van der Waals surface area (Å²) in [5.41, 5.74) is -0.602. The molecule has 0 bridgehead atoms. The standard InChI is InChI=1S/C19H24N2O6/c1-12(2)19(4,11-20)21-17(23)9-27-18(24)10-26-15-7-6-14(13(3)22)8-16(15)25-5/h6-8,12H,9-10H2,1-5H3,(H,21,23)/t19-/m0/s1. The predicted octanol–water partition coefficient (Wildman–Crippen LogP) is 1.87. The minimum Gasteiger partial charge on any atom is -0.493 e. The lowest BCUT2D eigenvalue weighted by Gasteiger charge is -2.27. The van der Waals surface area contributed by atoms with Crippen LogP contribution in [0.15, 0.2) is 18.2 Å². The second-order valence-corrected chi connectivity index (χ2v) is 6.39. The van der Waals surface area contributed by atoms with Gasteiger partial charge in [-0.1, -0.05) is 13.8 Å². The SMILES string of the molecule is COc1cc(C(C)=O)ccc1OCC(=O)OCC(=O)N[C@@](C)(C#N)C(C)C. The molecule has 0 aliphatic heterocycles. The molecule has 1 amide bonds. The highest BCUT2D eigenvalue weighted by atomic mass is 16.6. The molecule has 0 radical (unpaired) electrons. The molecule has 0 aliphatic rings. The summed E-state index contributed by atoms with van der Waals surface area (Å²) in [5.74, 6) is -1.02. The van der Waals surface area contributed by atoms with Gasteiger partial charge in [-0.3, -0.25) is 9.59 Å². The summed E-state index contributed by atoms with van der Waals surface area (Å²) >= 11 is 0. The molecule has 8 nitrogen and oxygen atoms in total. The Balaban J connectivity index is 2.56. The largest absolute Gasteiger partial charge is 0.493 e. The van der Waals surface area contributed by atoms with Crippen LogP contribution in [0.25, 0.3) is 0 Å². The number of rotatable bonds is 9. The molecule has 0 spiro atoms. The maximum atomic E-state index is 11.9. The molecule has 0 fully saturated rings. The Morgan fingerprint density at radius 2 is 1.89 bits per heavy atom. The fourth-order valence-corrected chi connectivity index (χ4v) is 1.96. The van der Waals surface area contributed by atoms with Crippen molar-refractivity contribution in [2.24, 2.45) is 5.92 Å². The third-order valence-electron chi connectivity index (χ3n) is 4.07. The first-order valence-electron chi connectivity index (χ1n) is 8.32. The fraction of sp³-hybridized carbons (Fsp3) is 0.474. The highest BCUT2D eigenvalue weighted by Crippen LogP contribution is 2.28. The van der Waals surface area contributed by atoms with E-state index in [1.807, 2.05) is 6.07 Å². The number of esters is 1. The quantitative estimate of drug-likeness (QED) is 0.517. The summed E-state index contributed by atoms with van der Waals surface area (Å²) in [7, 11) is 1.41. The van der Waals surface area contributed by atoms with Gasteiger partial charge in [-0.05, 0) is 38.0 Å². The first-order chi connectivity index (χ1) is 12.6. The number of nitriles is 1. The van der Waals surface area contributed by atoms with Crippen molar-refractivity contribution in [1.82, 2.24) is 5.32 Å². The molecule has 0 saturated heterocycles. The van der Waals surface area contributed by atoms with Gasteiger partial charge in [-0.25, -0.2) is 4.79 Å². The van der Waals surface area contributed by atoms with Crippen LogP contribution < -0.4 is 14.8 Å². The van der Waals surface area contributed by atoms with Crippen molar-refractivity contribution in [2.45, 2.75) is 33.2 Å². The Morgan fingerprint density at radius 1 is 1.22 bits per heavy atom. The lowest BCUT2D eigenvalue weighted by Crippen LogP contribution is -2.50. The topological polar surface area (TPSA) is 115 Å². The Hall–Kier alpha value is -3.08. The number of amides is 1. The molecule has 27 heavy (non-hydrogen) atoms. The second kappa shape index (κ2) is 9.57. The highest BCUT2D eigenvalue weighted by molar-refractivity contribution is 5.94. The number of hydrogen-bond donors (Lipinski definition) is 1. The Labute approximate surface area is 158 Å². The lowest BCUT2D eigenvalue weighted by atomic mass is 9.90. The van der Waals surface area contributed by atoms with E-state index in [0.717, 1.165) is 0 Å². The molecule has 0 saturated carbocycles. The Morgan fingerprint density at radius 3 is 2.41 bits per heavy atom. The number of ketones is 1. The van der Waals surface area contributed by atoms with E-state index in [0.29, 0.717) is 11.3 Å². The third-order valence-corrected chi connectivity index (χ3v) is 4.07. The van der Waals surface area contributed by atoms with E-state index in [9.17, 15) is 14.4 Å². The molecule has 0 heterocycles. The zero-order valence-corrected chi connectivity index (χ0v) is 16.1. The summed E-state index contributed by atoms with van der Waals surface area (Å²) in [5, 5.41) is 11.7. The van der Waals surface area contributed by atoms with Crippen molar-refractivity contribution in [3.05, 3.63) is 23.8 Å². The van der Waals surface area contributed by atoms with Crippen LogP contribution in [-0.2, 0) is 14.3 Å². The highest BCUT2D eigenvalue weighted by Gasteiger charge is 2.30. The van der Waals surface area contributed by atoms with Crippen LogP contribution in [0.2, 0.25) is 0 Å². The molecule has 1 N–H and O–H groups in total. The molecule has 1 aromatic carbocycles. The van der Waals surface area contributed by atoms with Crippen molar-refractivity contribution in [2.75, 3.05) is 20.3 Å². The van der Waals surface area contributed by atoms with Crippen LogP contribution in [0.5, 0.6) is 11.5 Å². The van der Waals surface area contributed by atoms with Gasteiger partial charge in [0.05, 0.1) is 13.2 Å². The van der Waals surface area contributed by atoms with Crippen LogP contribution in [0, 0.1) is 17.2 Å². The zero-order chi connectivity index (χ0) is 20.6. The van der Waals surface area contributed by atoms with E-state index in [1.54, 1.807) is 26.8 Å². The second-order valence-electron chi connectivity index (χ2n) is 6.39. The Bertz CT molecular complexity index is 753. The van der Waals surface area contributed by atoms with Gasteiger partial charge in [-0.2, -0.15) is 5.26 Å². The van der Waals surface area contributed by atoms with Crippen LogP contribution in [0.3, 0.4) is 0 Å². The number of benzene rings is 1. The predicted molar refractivity (Wildman–Crippen MR) is 96.5 cm³/mol. The van der Waals surface area contributed by atoms with Crippen molar-refractivity contribution in [3.63, 3.8) is 0 Å². The minimum atomic E-state index is -1.05. The molecule has 1 atom stereocenters. The first kappa shape index (κ1) is 22.0. The molecule has 1 rings (SSSR count). The molecular formula is C19H24N2O6. The average molecular weight is 376 g/mol. The van der Waals surface area contributed by atoms with E-state index in [1.165, 1.54) is 26.2 Å². The molecule has 146 valence electrons. The van der Waals surface area contributed by atoms with E-state index in [2.05, 4.69) is 5.32 Å². The Kier molecular flexibility index (Phi) is 7.79. The summed E-state index contributed by atoms with van der Waals surface area (Å²) in [6.07, 6.45) is 0. The number of hydrogen-bond acceptors (Lipinski definition) is 7. The number of Topliss-reactive ketones (excluding diaryl/α,β-unsaturated/α-hetero) is 1. The third kappa shape index (κ3) is 6.29. The molecule has 0 unspecified atom stereocenters. The van der Waals surface area contributed by atoms with Gasteiger partial charge in [0.25, 0.3) is 5.91 Å². The molecule has 8 heteroatoms. The van der Waals surface area contributed by atoms with Gasteiger partial charge in [0.15, 0.2) is 30.5 Å². The summed E-state index contributed by atoms with van der Waals surface area (Å²) in [6.45, 7) is 5.66. The maximum Gasteiger partial charge on any atom is 0.344 e. The van der Waals surface area contributed by atoms with Crippen molar-refractivity contribution in [3.8, 4) is 17.6 Å². The average Bonchev–Trinajstić information content (AvgIpc) is 2.63. The van der Waals surface area contributed by atoms with Gasteiger partial charge in [-0.15, -0.1) is 0 Å². The van der Waals surface area contributed by atoms with E-state index >= 15 is 0 Å². The van der Waals surface area contributed by atoms with Gasteiger partial charge in [0, 0.05) is 5.56 Å². The monoisotopic (exact) mass is 376 g/mol. The molecule has 0 aromatic heterocycles. The van der Waals surface area contributed by atoms with Crippen LogP contribution >= 0.6 is 0 Å². The van der Waals surface area contributed by atoms with Crippen LogP contribution in [0.1, 0.15) is 38.1 Å². The zero-order valence-electron chi connectivity index (χ0n) is 16.1. The van der Waals surface area contributed by atoms with Crippen molar-refractivity contribution >= 4 is 17.7 Å². The minimum absolute atomic E-state index is 0.115. The smallest absolute Gasteiger partial charge is 0.344 e. The molecule has 1 aromatic rings. The summed E-state index contributed by atoms with van der Waals surface area (Å²) in [6, 6.07) is 6.60. The van der Waals surface area contributed by atoms with E-state index < -0.39 is 30.6 Å². The van der Waals surface area contributed by atoms with Crippen molar-refractivity contribution in [1.29, 1.82) is 5.26 Å². The number of carbonyl (C=O) groups excluding carboxylic acids is 3. The normalized spacial score (nSPS) is 12.5. The van der Waals surface area contributed by atoms with Crippen molar-refractivity contribution < 1.29 is 28.6 Å². The summed E-state index contributed by atoms with van der Waals surface area (Å²) < 4.78 is 15.3. The first-order valence-corrected chi connectivity index (χ1v) is 8.32. The fourth-order valence-electron chi connectivity index (χ4n) is 1.96. The van der Waals surface area contributed by atoms with Crippen LogP contribution in [-0.4, -0.2) is 43.5 Å². The van der Waals surface area contributed by atoms with E-state index in [4.69, 9.17) is 19.5 Å². The molecule has 0 aliphatic carbocycles.